The number of imide groups is 1. The van der Waals surface area contributed by atoms with Gasteiger partial charge in [-0.25, -0.2) is 9.59 Å². The van der Waals surface area contributed by atoms with Gasteiger partial charge in [0, 0.05) is 30.9 Å². The van der Waals surface area contributed by atoms with Gasteiger partial charge in [0.15, 0.2) is 0 Å². The summed E-state index contributed by atoms with van der Waals surface area (Å²) in [6.07, 6.45) is 0.810. The topological polar surface area (TPSA) is 94.9 Å². The lowest BCUT2D eigenvalue weighted by Gasteiger charge is -2.19. The predicted octanol–water partition coefficient (Wildman–Crippen LogP) is 2.48. The van der Waals surface area contributed by atoms with Crippen molar-refractivity contribution in [2.24, 2.45) is 5.41 Å². The molecular weight excluding hydrogens is 400 g/mol. The maximum absolute atomic E-state index is 12.7. The first-order valence-electron chi connectivity index (χ1n) is 10.1. The van der Waals surface area contributed by atoms with Gasteiger partial charge in [-0.05, 0) is 24.0 Å². The van der Waals surface area contributed by atoms with Gasteiger partial charge in [-0.3, -0.25) is 14.5 Å². The number of hydrogen-bond donors (Lipinski definition) is 0. The number of carbonyl (C=O) groups is 4. The molecule has 0 N–H and O–H groups in total. The van der Waals surface area contributed by atoms with Crippen molar-refractivity contribution < 1.29 is 28.7 Å². The summed E-state index contributed by atoms with van der Waals surface area (Å²) in [5, 5.41) is 0. The normalized spacial score (nSPS) is 16.3. The number of rotatable bonds is 5. The number of nitrogens with zero attached hydrogens (tertiary/aromatic N) is 2. The van der Waals surface area contributed by atoms with Gasteiger partial charge < -0.3 is 14.0 Å². The van der Waals surface area contributed by atoms with E-state index in [2.05, 4.69) is 13.8 Å². The molecule has 0 spiro atoms. The van der Waals surface area contributed by atoms with Crippen LogP contribution in [0.5, 0.6) is 0 Å². The summed E-state index contributed by atoms with van der Waals surface area (Å²) in [4.78, 5) is 51.9. The van der Waals surface area contributed by atoms with Crippen molar-refractivity contribution >= 4 is 23.8 Å². The van der Waals surface area contributed by atoms with E-state index in [4.69, 9.17) is 9.47 Å². The summed E-state index contributed by atoms with van der Waals surface area (Å²) >= 11 is 0. The van der Waals surface area contributed by atoms with Crippen LogP contribution in [0.1, 0.15) is 66.7 Å². The van der Waals surface area contributed by atoms with Crippen molar-refractivity contribution in [2.45, 2.75) is 33.2 Å². The molecule has 2 aliphatic heterocycles. The van der Waals surface area contributed by atoms with Crippen LogP contribution in [0.3, 0.4) is 0 Å². The number of ether oxygens (including phenoxy) is 2. The Labute approximate surface area is 179 Å². The van der Waals surface area contributed by atoms with Crippen molar-refractivity contribution in [1.82, 2.24) is 9.47 Å². The highest BCUT2D eigenvalue weighted by Crippen LogP contribution is 2.39. The van der Waals surface area contributed by atoms with Crippen molar-refractivity contribution in [3.63, 3.8) is 0 Å². The van der Waals surface area contributed by atoms with Gasteiger partial charge >= 0.3 is 11.9 Å². The molecule has 0 bridgehead atoms. The Morgan fingerprint density at radius 1 is 0.968 bits per heavy atom. The fourth-order valence-corrected chi connectivity index (χ4v) is 4.60. The van der Waals surface area contributed by atoms with E-state index in [9.17, 15) is 19.2 Å². The molecule has 0 aliphatic carbocycles. The molecule has 3 heterocycles. The molecule has 2 aliphatic rings. The van der Waals surface area contributed by atoms with E-state index in [0.717, 1.165) is 5.69 Å². The number of benzene rings is 1. The number of carbonyl (C=O) groups excluding carboxylic acids is 4. The summed E-state index contributed by atoms with van der Waals surface area (Å²) in [6, 6.07) is 6.69. The van der Waals surface area contributed by atoms with E-state index in [-0.39, 0.29) is 41.3 Å². The molecule has 0 unspecified atom stereocenters. The maximum Gasteiger partial charge on any atom is 0.340 e. The summed E-state index contributed by atoms with van der Waals surface area (Å²) in [5.41, 5.74) is 2.28. The van der Waals surface area contributed by atoms with Gasteiger partial charge in [0.1, 0.15) is 0 Å². The predicted molar refractivity (Wildman–Crippen MR) is 110 cm³/mol. The molecule has 0 saturated carbocycles. The van der Waals surface area contributed by atoms with Crippen LogP contribution in [0.2, 0.25) is 0 Å². The number of methoxy groups -OCH3 is 2. The highest BCUT2D eigenvalue weighted by atomic mass is 16.5. The molecule has 162 valence electrons. The quantitative estimate of drug-likeness (QED) is 0.541. The Hall–Kier alpha value is -3.42. The van der Waals surface area contributed by atoms with Crippen molar-refractivity contribution in [1.29, 1.82) is 0 Å². The van der Waals surface area contributed by atoms with E-state index in [1.54, 1.807) is 24.3 Å². The third-order valence-corrected chi connectivity index (χ3v) is 5.94. The Morgan fingerprint density at radius 3 is 2.06 bits per heavy atom. The van der Waals surface area contributed by atoms with Gasteiger partial charge in [0.05, 0.1) is 36.5 Å². The van der Waals surface area contributed by atoms with Crippen molar-refractivity contribution in [3.05, 3.63) is 57.9 Å². The minimum Gasteiger partial charge on any atom is -0.465 e. The zero-order valence-electron chi connectivity index (χ0n) is 18.0. The number of hydrogen-bond acceptors (Lipinski definition) is 6. The second-order valence-electron chi connectivity index (χ2n) is 8.61. The zero-order valence-corrected chi connectivity index (χ0v) is 18.0. The molecule has 0 radical (unpaired) electrons. The third kappa shape index (κ3) is 3.22. The summed E-state index contributed by atoms with van der Waals surface area (Å²) in [5.74, 6) is -1.96. The minimum absolute atomic E-state index is 0.0842. The van der Waals surface area contributed by atoms with Crippen LogP contribution < -0.4 is 0 Å². The molecule has 0 fully saturated rings. The average molecular weight is 424 g/mol. The molecule has 4 rings (SSSR count). The van der Waals surface area contributed by atoms with E-state index in [1.165, 1.54) is 19.1 Å². The van der Waals surface area contributed by atoms with Crippen LogP contribution in [0.4, 0.5) is 0 Å². The highest BCUT2D eigenvalue weighted by Gasteiger charge is 2.41. The number of aromatic nitrogens is 1. The Kier molecular flexibility index (Phi) is 4.95. The average Bonchev–Trinajstić information content (AvgIpc) is 3.30. The molecule has 2 amide bonds. The van der Waals surface area contributed by atoms with Gasteiger partial charge in [-0.2, -0.15) is 0 Å². The summed E-state index contributed by atoms with van der Waals surface area (Å²) in [6.45, 7) is 4.83. The standard InChI is InChI=1S/C23H24N2O6/c1-23(2)11-16-18(22(29)31-4)17(21(28)30-3)15(25(16)12-23)9-10-24-19(26)13-7-5-6-8-14(13)20(24)27/h5-8H,9-12H2,1-4H3. The molecule has 1 aromatic heterocycles. The van der Waals surface area contributed by atoms with Crippen LogP contribution in [0.25, 0.3) is 0 Å². The smallest absolute Gasteiger partial charge is 0.340 e. The summed E-state index contributed by atoms with van der Waals surface area (Å²) in [7, 11) is 2.52. The number of esters is 2. The first-order chi connectivity index (χ1) is 14.7. The molecule has 0 atom stereocenters. The zero-order chi connectivity index (χ0) is 22.5. The third-order valence-electron chi connectivity index (χ3n) is 5.94. The molecule has 8 nitrogen and oxygen atoms in total. The van der Waals surface area contributed by atoms with Crippen molar-refractivity contribution in [2.75, 3.05) is 20.8 Å². The SMILES string of the molecule is COC(=O)c1c(C(=O)OC)c2n(c1CCN1C(=O)c3ccccc3C1=O)CC(C)(C)C2. The lowest BCUT2D eigenvalue weighted by atomic mass is 9.89. The van der Waals surface area contributed by atoms with E-state index in [0.29, 0.717) is 29.8 Å². The van der Waals surface area contributed by atoms with E-state index >= 15 is 0 Å². The number of fused-ring (bicyclic) bond motifs is 2. The van der Waals surface area contributed by atoms with Crippen LogP contribution in [0, 0.1) is 5.41 Å². The minimum atomic E-state index is -0.641. The molecule has 31 heavy (non-hydrogen) atoms. The first-order valence-corrected chi connectivity index (χ1v) is 10.1. The lowest BCUT2D eigenvalue weighted by molar-refractivity contribution is 0.0554. The van der Waals surface area contributed by atoms with Gasteiger partial charge in [-0.1, -0.05) is 26.0 Å². The first kappa shape index (κ1) is 20.8. The lowest BCUT2D eigenvalue weighted by Crippen LogP contribution is -2.32. The van der Waals surface area contributed by atoms with Gasteiger partial charge in [-0.15, -0.1) is 0 Å². The van der Waals surface area contributed by atoms with Gasteiger partial charge in [0.25, 0.3) is 11.8 Å². The van der Waals surface area contributed by atoms with E-state index in [1.807, 2.05) is 4.57 Å². The molecule has 1 aromatic carbocycles. The van der Waals surface area contributed by atoms with Crippen LogP contribution in [-0.4, -0.2) is 54.0 Å². The van der Waals surface area contributed by atoms with Crippen LogP contribution in [-0.2, 0) is 28.9 Å². The Bertz CT molecular complexity index is 1090. The monoisotopic (exact) mass is 424 g/mol. The maximum atomic E-state index is 12.7. The van der Waals surface area contributed by atoms with Gasteiger partial charge in [0.2, 0.25) is 0 Å². The van der Waals surface area contributed by atoms with E-state index < -0.39 is 11.9 Å². The molecule has 0 saturated heterocycles. The largest absolute Gasteiger partial charge is 0.465 e. The molecule has 8 heteroatoms. The summed E-state index contributed by atoms with van der Waals surface area (Å²) < 4.78 is 11.9. The molecule has 2 aromatic rings. The Morgan fingerprint density at radius 2 is 1.52 bits per heavy atom. The highest BCUT2D eigenvalue weighted by molar-refractivity contribution is 6.21. The fraction of sp³-hybridized carbons (Fsp3) is 0.391. The molecular formula is C23H24N2O6. The second-order valence-corrected chi connectivity index (χ2v) is 8.61. The number of amides is 2. The Balaban J connectivity index is 1.74. The van der Waals surface area contributed by atoms with Crippen LogP contribution in [0.15, 0.2) is 24.3 Å². The second kappa shape index (κ2) is 7.37. The fourth-order valence-electron chi connectivity index (χ4n) is 4.60. The van der Waals surface area contributed by atoms with Crippen LogP contribution >= 0.6 is 0 Å². The van der Waals surface area contributed by atoms with Crippen molar-refractivity contribution in [3.8, 4) is 0 Å².